The van der Waals surface area contributed by atoms with E-state index in [-0.39, 0.29) is 5.60 Å². The average molecular weight is 234 g/mol. The Labute approximate surface area is 104 Å². The molecule has 1 aromatic carbocycles. The Morgan fingerprint density at radius 1 is 1.29 bits per heavy atom. The molecule has 2 heteroatoms. The zero-order chi connectivity index (χ0) is 12.9. The van der Waals surface area contributed by atoms with Crippen LogP contribution in [0.25, 0.3) is 0 Å². The second-order valence-electron chi connectivity index (χ2n) is 4.69. The molecule has 1 rings (SSSR count). The number of methoxy groups -OCH3 is 1. The third-order valence-electron chi connectivity index (χ3n) is 2.85. The van der Waals surface area contributed by atoms with Crippen LogP contribution in [0, 0.1) is 0 Å². The van der Waals surface area contributed by atoms with Crippen LogP contribution in [0.1, 0.15) is 32.8 Å². The molecule has 0 aliphatic carbocycles. The van der Waals surface area contributed by atoms with E-state index in [0.29, 0.717) is 0 Å². The van der Waals surface area contributed by atoms with Crippen molar-refractivity contribution >= 4 is 0 Å². The Kier molecular flexibility index (Phi) is 4.62. The Hall–Kier alpha value is -1.44. The lowest BCUT2D eigenvalue weighted by Crippen LogP contribution is -2.27. The van der Waals surface area contributed by atoms with E-state index in [1.807, 2.05) is 24.3 Å². The summed E-state index contributed by atoms with van der Waals surface area (Å²) in [6, 6.07) is 6.02. The van der Waals surface area contributed by atoms with Gasteiger partial charge in [0.2, 0.25) is 0 Å². The summed E-state index contributed by atoms with van der Waals surface area (Å²) in [5.41, 5.74) is 1.01. The van der Waals surface area contributed by atoms with Crippen LogP contribution in [0.15, 0.2) is 30.9 Å². The quantitative estimate of drug-likeness (QED) is 0.693. The third-order valence-corrected chi connectivity index (χ3v) is 2.85. The lowest BCUT2D eigenvalue weighted by atomic mass is 10.1. The van der Waals surface area contributed by atoms with Gasteiger partial charge in [0, 0.05) is 0 Å². The molecule has 2 nitrogen and oxygen atoms in total. The molecule has 0 atom stereocenters. The van der Waals surface area contributed by atoms with Crippen molar-refractivity contribution in [3.63, 3.8) is 0 Å². The molecule has 94 valence electrons. The summed E-state index contributed by atoms with van der Waals surface area (Å²) in [6.07, 6.45) is 3.67. The first kappa shape index (κ1) is 13.6. The number of rotatable bonds is 6. The molecule has 0 spiro atoms. The average Bonchev–Trinajstić information content (AvgIpc) is 2.31. The maximum atomic E-state index is 5.96. The molecule has 1 aromatic rings. The molecule has 0 aromatic heterocycles. The van der Waals surface area contributed by atoms with Gasteiger partial charge in [0.25, 0.3) is 0 Å². The molecule has 0 aliphatic rings. The first-order valence-corrected chi connectivity index (χ1v) is 5.99. The monoisotopic (exact) mass is 234 g/mol. The van der Waals surface area contributed by atoms with Crippen molar-refractivity contribution in [3.8, 4) is 11.5 Å². The highest BCUT2D eigenvalue weighted by atomic mass is 16.5. The molecule has 0 bridgehead atoms. The highest BCUT2D eigenvalue weighted by molar-refractivity contribution is 5.43. The maximum absolute atomic E-state index is 5.96. The third kappa shape index (κ3) is 3.81. The van der Waals surface area contributed by atoms with Gasteiger partial charge < -0.3 is 9.47 Å². The van der Waals surface area contributed by atoms with Crippen LogP contribution in [0.4, 0.5) is 0 Å². The molecule has 0 radical (unpaired) electrons. The molecular weight excluding hydrogens is 212 g/mol. The van der Waals surface area contributed by atoms with Crippen molar-refractivity contribution in [1.29, 1.82) is 0 Å². The van der Waals surface area contributed by atoms with Gasteiger partial charge in [-0.15, -0.1) is 6.58 Å². The molecule has 0 fully saturated rings. The second-order valence-corrected chi connectivity index (χ2v) is 4.69. The minimum absolute atomic E-state index is 0.173. The minimum Gasteiger partial charge on any atom is -0.493 e. The lowest BCUT2D eigenvalue weighted by molar-refractivity contribution is 0.101. The number of hydrogen-bond donors (Lipinski definition) is 0. The summed E-state index contributed by atoms with van der Waals surface area (Å²) < 4.78 is 11.3. The Balaban J connectivity index is 2.96. The second kappa shape index (κ2) is 5.76. The van der Waals surface area contributed by atoms with Gasteiger partial charge in [-0.1, -0.05) is 19.1 Å². The van der Waals surface area contributed by atoms with E-state index in [0.717, 1.165) is 24.3 Å². The zero-order valence-corrected chi connectivity index (χ0v) is 11.2. The standard InChI is InChI=1S/C15H22O2/c1-6-8-12-9-10-13(14(11-12)16-5)17-15(3,4)7-2/h6,9-11H,1,7-8H2,2-5H3. The maximum Gasteiger partial charge on any atom is 0.161 e. The van der Waals surface area contributed by atoms with Crippen LogP contribution in [0.5, 0.6) is 11.5 Å². The van der Waals surface area contributed by atoms with Gasteiger partial charge in [0.15, 0.2) is 11.5 Å². The Morgan fingerprint density at radius 3 is 2.53 bits per heavy atom. The van der Waals surface area contributed by atoms with Crippen molar-refractivity contribution in [2.45, 2.75) is 39.2 Å². The summed E-state index contributed by atoms with van der Waals surface area (Å²) in [5, 5.41) is 0. The molecule has 0 aliphatic heterocycles. The van der Waals surface area contributed by atoms with Crippen molar-refractivity contribution in [1.82, 2.24) is 0 Å². The van der Waals surface area contributed by atoms with Gasteiger partial charge in [-0.05, 0) is 44.4 Å². The molecule has 0 saturated carbocycles. The SMILES string of the molecule is C=CCc1ccc(OC(C)(C)CC)c(OC)c1. The van der Waals surface area contributed by atoms with E-state index >= 15 is 0 Å². The van der Waals surface area contributed by atoms with Crippen LogP contribution >= 0.6 is 0 Å². The number of benzene rings is 1. The summed E-state index contributed by atoms with van der Waals surface area (Å²) in [7, 11) is 1.67. The first-order chi connectivity index (χ1) is 8.02. The molecule has 0 N–H and O–H groups in total. The summed E-state index contributed by atoms with van der Waals surface area (Å²) in [6.45, 7) is 9.99. The van der Waals surface area contributed by atoms with Crippen molar-refractivity contribution in [2.24, 2.45) is 0 Å². The largest absolute Gasteiger partial charge is 0.493 e. The number of allylic oxidation sites excluding steroid dienone is 1. The summed E-state index contributed by atoms with van der Waals surface area (Å²) in [4.78, 5) is 0. The predicted molar refractivity (Wildman–Crippen MR) is 71.9 cm³/mol. The normalized spacial score (nSPS) is 11.1. The lowest BCUT2D eigenvalue weighted by Gasteiger charge is -2.26. The van der Waals surface area contributed by atoms with E-state index in [2.05, 4.69) is 27.4 Å². The predicted octanol–water partition coefficient (Wildman–Crippen LogP) is 3.99. The fourth-order valence-corrected chi connectivity index (χ4v) is 1.46. The van der Waals surface area contributed by atoms with Crippen LogP contribution in [0.3, 0.4) is 0 Å². The first-order valence-electron chi connectivity index (χ1n) is 5.99. The Bertz CT molecular complexity index is 381. The van der Waals surface area contributed by atoms with E-state index in [1.54, 1.807) is 7.11 Å². The van der Waals surface area contributed by atoms with Gasteiger partial charge in [0.05, 0.1) is 7.11 Å². The van der Waals surface area contributed by atoms with Crippen LogP contribution in [0.2, 0.25) is 0 Å². The van der Waals surface area contributed by atoms with Gasteiger partial charge in [-0.2, -0.15) is 0 Å². The van der Waals surface area contributed by atoms with E-state index in [4.69, 9.17) is 9.47 Å². The molecule has 0 amide bonds. The van der Waals surface area contributed by atoms with E-state index in [1.165, 1.54) is 5.56 Å². The molecule has 0 saturated heterocycles. The smallest absolute Gasteiger partial charge is 0.161 e. The molecule has 17 heavy (non-hydrogen) atoms. The van der Waals surface area contributed by atoms with Gasteiger partial charge in [-0.3, -0.25) is 0 Å². The van der Waals surface area contributed by atoms with E-state index in [9.17, 15) is 0 Å². The van der Waals surface area contributed by atoms with Crippen molar-refractivity contribution in [2.75, 3.05) is 7.11 Å². The van der Waals surface area contributed by atoms with Gasteiger partial charge >= 0.3 is 0 Å². The van der Waals surface area contributed by atoms with Crippen molar-refractivity contribution in [3.05, 3.63) is 36.4 Å². The van der Waals surface area contributed by atoms with Crippen LogP contribution in [-0.4, -0.2) is 12.7 Å². The number of hydrogen-bond acceptors (Lipinski definition) is 2. The minimum atomic E-state index is -0.173. The fourth-order valence-electron chi connectivity index (χ4n) is 1.46. The van der Waals surface area contributed by atoms with Crippen molar-refractivity contribution < 1.29 is 9.47 Å². The van der Waals surface area contributed by atoms with Crippen LogP contribution < -0.4 is 9.47 Å². The molecule has 0 unspecified atom stereocenters. The van der Waals surface area contributed by atoms with Gasteiger partial charge in [0.1, 0.15) is 5.60 Å². The molecular formula is C15H22O2. The zero-order valence-electron chi connectivity index (χ0n) is 11.2. The topological polar surface area (TPSA) is 18.5 Å². The molecule has 0 heterocycles. The van der Waals surface area contributed by atoms with Crippen LogP contribution in [-0.2, 0) is 6.42 Å². The van der Waals surface area contributed by atoms with E-state index < -0.39 is 0 Å². The summed E-state index contributed by atoms with van der Waals surface area (Å²) in [5.74, 6) is 1.58. The number of ether oxygens (including phenoxy) is 2. The highest BCUT2D eigenvalue weighted by Crippen LogP contribution is 2.32. The Morgan fingerprint density at radius 2 is 2.00 bits per heavy atom. The highest BCUT2D eigenvalue weighted by Gasteiger charge is 2.19. The summed E-state index contributed by atoms with van der Waals surface area (Å²) >= 11 is 0. The van der Waals surface area contributed by atoms with Gasteiger partial charge in [-0.25, -0.2) is 0 Å². The fraction of sp³-hybridized carbons (Fsp3) is 0.467.